The van der Waals surface area contributed by atoms with E-state index in [9.17, 15) is 15.2 Å². The number of aryl methyl sites for hydroxylation is 1. The molecule has 0 spiro atoms. The zero-order valence-corrected chi connectivity index (χ0v) is 11.1. The van der Waals surface area contributed by atoms with Gasteiger partial charge in [0.25, 0.3) is 0 Å². The molecule has 106 valence electrons. The molecule has 1 aromatic carbocycles. The molecule has 0 atom stereocenters. The average molecular weight is 285 g/mol. The minimum Gasteiger partial charge on any atom is -0.506 e. The summed E-state index contributed by atoms with van der Waals surface area (Å²) < 4.78 is 1.38. The predicted molar refractivity (Wildman–Crippen MR) is 73.9 cm³/mol. The van der Waals surface area contributed by atoms with Crippen molar-refractivity contribution in [3.8, 4) is 5.75 Å². The summed E-state index contributed by atoms with van der Waals surface area (Å²) in [6.45, 7) is 2.15. The lowest BCUT2D eigenvalue weighted by molar-refractivity contribution is -0.394. The summed E-state index contributed by atoms with van der Waals surface area (Å²) in [5.74, 6) is -0.339. The summed E-state index contributed by atoms with van der Waals surface area (Å²) >= 11 is 0. The van der Waals surface area contributed by atoms with Gasteiger partial charge in [0.2, 0.25) is 6.33 Å². The molecule has 1 N–H and O–H groups in total. The van der Waals surface area contributed by atoms with Crippen LogP contribution in [0.5, 0.6) is 5.75 Å². The maximum Gasteiger partial charge on any atom is 0.490 e. The number of rotatable bonds is 3. The molecule has 0 fully saturated rings. The first kappa shape index (κ1) is 13.0. The second-order valence-corrected chi connectivity index (χ2v) is 4.59. The van der Waals surface area contributed by atoms with Crippen molar-refractivity contribution in [2.45, 2.75) is 13.5 Å². The number of hydrogen-bond acceptors (Lipinski definition) is 6. The van der Waals surface area contributed by atoms with Crippen LogP contribution in [0.15, 0.2) is 30.6 Å². The third-order valence-electron chi connectivity index (χ3n) is 3.09. The quantitative estimate of drug-likeness (QED) is 0.580. The minimum absolute atomic E-state index is 0.0991. The largest absolute Gasteiger partial charge is 0.506 e. The van der Waals surface area contributed by atoms with E-state index < -0.39 is 10.9 Å². The lowest BCUT2D eigenvalue weighted by Gasteiger charge is -2.07. The van der Waals surface area contributed by atoms with E-state index in [0.717, 1.165) is 16.6 Å². The van der Waals surface area contributed by atoms with Crippen molar-refractivity contribution in [3.05, 3.63) is 52.0 Å². The zero-order chi connectivity index (χ0) is 15.0. The number of phenolic OH excluding ortho intramolecular Hbond substituents is 1. The van der Waals surface area contributed by atoms with Crippen LogP contribution < -0.4 is 0 Å². The Labute approximate surface area is 118 Å². The average Bonchev–Trinajstić information content (AvgIpc) is 2.91. The van der Waals surface area contributed by atoms with Gasteiger partial charge in [0.1, 0.15) is 11.3 Å². The van der Waals surface area contributed by atoms with Crippen molar-refractivity contribution in [2.24, 2.45) is 0 Å². The molecule has 3 aromatic rings. The van der Waals surface area contributed by atoms with Gasteiger partial charge >= 0.3 is 5.95 Å². The van der Waals surface area contributed by atoms with Crippen molar-refractivity contribution in [2.75, 3.05) is 0 Å². The lowest BCUT2D eigenvalue weighted by atomic mass is 10.1. The molecule has 2 aromatic heterocycles. The van der Waals surface area contributed by atoms with E-state index in [-0.39, 0.29) is 5.75 Å². The highest BCUT2D eigenvalue weighted by Crippen LogP contribution is 2.26. The van der Waals surface area contributed by atoms with E-state index in [4.69, 9.17) is 0 Å². The monoisotopic (exact) mass is 285 g/mol. The second kappa shape index (κ2) is 4.82. The van der Waals surface area contributed by atoms with Crippen molar-refractivity contribution in [1.82, 2.24) is 19.7 Å². The second-order valence-electron chi connectivity index (χ2n) is 4.59. The number of phenols is 1. The highest BCUT2D eigenvalue weighted by atomic mass is 16.6. The number of nitrogens with zero attached hydrogens (tertiary/aromatic N) is 5. The van der Waals surface area contributed by atoms with Gasteiger partial charge in [-0.05, 0) is 29.5 Å². The van der Waals surface area contributed by atoms with Crippen LogP contribution in [-0.2, 0) is 6.54 Å². The van der Waals surface area contributed by atoms with E-state index in [1.807, 2.05) is 19.1 Å². The van der Waals surface area contributed by atoms with Crippen LogP contribution in [0.3, 0.4) is 0 Å². The van der Waals surface area contributed by atoms with Gasteiger partial charge in [-0.3, -0.25) is 0 Å². The third-order valence-corrected chi connectivity index (χ3v) is 3.09. The molecule has 8 heteroatoms. The van der Waals surface area contributed by atoms with E-state index in [2.05, 4.69) is 15.1 Å². The summed E-state index contributed by atoms with van der Waals surface area (Å²) in [6, 6.07) is 6.99. The van der Waals surface area contributed by atoms with Gasteiger partial charge in [-0.1, -0.05) is 17.1 Å². The fourth-order valence-electron chi connectivity index (χ4n) is 2.12. The Kier molecular flexibility index (Phi) is 2.98. The van der Waals surface area contributed by atoms with Gasteiger partial charge < -0.3 is 15.2 Å². The molecule has 0 unspecified atom stereocenters. The Morgan fingerprint density at radius 1 is 1.33 bits per heavy atom. The van der Waals surface area contributed by atoms with Crippen LogP contribution >= 0.6 is 0 Å². The maximum absolute atomic E-state index is 10.6. The first-order valence-corrected chi connectivity index (χ1v) is 6.16. The van der Waals surface area contributed by atoms with Crippen molar-refractivity contribution >= 4 is 16.9 Å². The first-order valence-electron chi connectivity index (χ1n) is 6.16. The van der Waals surface area contributed by atoms with Crippen LogP contribution in [0, 0.1) is 17.0 Å². The maximum atomic E-state index is 10.6. The molecule has 0 aliphatic heterocycles. The molecule has 0 saturated heterocycles. The number of aromatic nitrogens is 4. The molecular formula is C13H11N5O3. The first-order chi connectivity index (χ1) is 10.0. The number of pyridine rings is 1. The number of hydrogen-bond donors (Lipinski definition) is 1. The summed E-state index contributed by atoms with van der Waals surface area (Å²) in [4.78, 5) is 17.9. The van der Waals surface area contributed by atoms with Crippen LogP contribution in [-0.4, -0.2) is 29.8 Å². The minimum atomic E-state index is -0.643. The lowest BCUT2D eigenvalue weighted by Crippen LogP contribution is -2.02. The van der Waals surface area contributed by atoms with Gasteiger partial charge in [-0.15, -0.1) is 0 Å². The van der Waals surface area contributed by atoms with Crippen LogP contribution in [0.4, 0.5) is 5.95 Å². The molecule has 3 rings (SSSR count). The Morgan fingerprint density at radius 3 is 2.86 bits per heavy atom. The molecule has 21 heavy (non-hydrogen) atoms. The summed E-state index contributed by atoms with van der Waals surface area (Å²) in [6.07, 6.45) is 1.30. The third kappa shape index (κ3) is 2.38. The fraction of sp³-hybridized carbons (Fsp3) is 0.154. The normalized spacial score (nSPS) is 10.9. The molecule has 2 heterocycles. The van der Waals surface area contributed by atoms with Crippen LogP contribution in [0.25, 0.3) is 10.9 Å². The molecule has 0 aliphatic rings. The van der Waals surface area contributed by atoms with Gasteiger partial charge in [0, 0.05) is 16.2 Å². The number of nitro groups is 1. The standard InChI is InChI=1S/C13H11N5O3/c1-8-2-4-10-9(3-5-11(19)12(10)15-8)6-17-7-14-13(16-17)18(20)21/h2-5,7,19H,6H2,1H3. The molecule has 0 aliphatic carbocycles. The summed E-state index contributed by atoms with van der Waals surface area (Å²) in [5.41, 5.74) is 2.14. The van der Waals surface area contributed by atoms with Crippen LogP contribution in [0.1, 0.15) is 11.3 Å². The van der Waals surface area contributed by atoms with E-state index in [1.54, 1.807) is 12.1 Å². The Bertz CT molecular complexity index is 843. The molecule has 0 saturated carbocycles. The van der Waals surface area contributed by atoms with Crippen molar-refractivity contribution in [1.29, 1.82) is 0 Å². The van der Waals surface area contributed by atoms with Gasteiger partial charge in [0.15, 0.2) is 0 Å². The molecule has 8 nitrogen and oxygen atoms in total. The topological polar surface area (TPSA) is 107 Å². The molecule has 0 bridgehead atoms. The fourth-order valence-corrected chi connectivity index (χ4v) is 2.12. The summed E-state index contributed by atoms with van der Waals surface area (Å²) in [5, 5.41) is 25.0. The number of aromatic hydroxyl groups is 1. The van der Waals surface area contributed by atoms with E-state index >= 15 is 0 Å². The highest BCUT2D eigenvalue weighted by molar-refractivity contribution is 5.87. The Hall–Kier alpha value is -3.03. The Balaban J connectivity index is 2.04. The smallest absolute Gasteiger partial charge is 0.490 e. The molecule has 0 radical (unpaired) electrons. The zero-order valence-electron chi connectivity index (χ0n) is 11.1. The van der Waals surface area contributed by atoms with E-state index in [0.29, 0.717) is 12.1 Å². The Morgan fingerprint density at radius 2 is 2.14 bits per heavy atom. The number of fused-ring (bicyclic) bond motifs is 1. The van der Waals surface area contributed by atoms with Gasteiger partial charge in [0.05, 0.1) is 6.54 Å². The van der Waals surface area contributed by atoms with Crippen LogP contribution in [0.2, 0.25) is 0 Å². The molecule has 0 amide bonds. The number of benzene rings is 1. The van der Waals surface area contributed by atoms with Crippen molar-refractivity contribution < 1.29 is 10.0 Å². The van der Waals surface area contributed by atoms with Crippen molar-refractivity contribution in [3.63, 3.8) is 0 Å². The molecular weight excluding hydrogens is 274 g/mol. The highest BCUT2D eigenvalue weighted by Gasteiger charge is 2.15. The van der Waals surface area contributed by atoms with Gasteiger partial charge in [-0.25, -0.2) is 4.98 Å². The SMILES string of the molecule is Cc1ccc2c(Cn3cnc([N+](=O)[O-])n3)ccc(O)c2n1. The van der Waals surface area contributed by atoms with E-state index in [1.165, 1.54) is 11.0 Å². The van der Waals surface area contributed by atoms with Gasteiger partial charge in [-0.2, -0.15) is 4.68 Å². The summed E-state index contributed by atoms with van der Waals surface area (Å²) in [7, 11) is 0. The predicted octanol–water partition coefficient (Wildman–Crippen LogP) is 1.80.